The van der Waals surface area contributed by atoms with Crippen LogP contribution in [0.5, 0.6) is 0 Å². The Bertz CT molecular complexity index is 781. The molecule has 6 unspecified atom stereocenters. The highest BCUT2D eigenvalue weighted by molar-refractivity contribution is 5.37. The van der Waals surface area contributed by atoms with Crippen LogP contribution in [0.2, 0.25) is 0 Å². The van der Waals surface area contributed by atoms with E-state index in [1.165, 1.54) is 44.9 Å². The van der Waals surface area contributed by atoms with Crippen LogP contribution in [0.4, 0.5) is 0 Å². The van der Waals surface area contributed by atoms with Gasteiger partial charge in [-0.2, -0.15) is 4.91 Å². The quantitative estimate of drug-likeness (QED) is 0.469. The summed E-state index contributed by atoms with van der Waals surface area (Å²) in [6.07, 6.45) is 17.6. The molecule has 0 bridgehead atoms. The molecule has 0 N–H and O–H groups in total. The van der Waals surface area contributed by atoms with Gasteiger partial charge in [0.15, 0.2) is 0 Å². The first kappa shape index (κ1) is 15.9. The number of allylic oxidation sites excluding steroid dienone is 1. The minimum absolute atomic E-state index is 0.0429. The van der Waals surface area contributed by atoms with E-state index >= 15 is 0 Å². The summed E-state index contributed by atoms with van der Waals surface area (Å²) in [6, 6.07) is -0.0429. The maximum atomic E-state index is 11.2. The molecule has 0 radical (unpaired) electrons. The highest BCUT2D eigenvalue weighted by Gasteiger charge is 2.77. The molecule has 1 aliphatic heterocycles. The summed E-state index contributed by atoms with van der Waals surface area (Å²) in [4.78, 5) is 11.2. The molecule has 0 amide bonds. The van der Waals surface area contributed by atoms with E-state index in [9.17, 15) is 4.91 Å². The van der Waals surface area contributed by atoms with E-state index in [2.05, 4.69) is 30.3 Å². The number of nitroso groups, excluding NO2 is 1. The molecule has 2 spiro atoms. The zero-order valence-corrected chi connectivity index (χ0v) is 16.4. The van der Waals surface area contributed by atoms with Crippen molar-refractivity contribution in [1.29, 1.82) is 0 Å². The fourth-order valence-electron chi connectivity index (χ4n) is 9.41. The Labute approximate surface area is 162 Å². The third-order valence-corrected chi connectivity index (χ3v) is 10.6. The van der Waals surface area contributed by atoms with Crippen LogP contribution in [0.3, 0.4) is 0 Å². The van der Waals surface area contributed by atoms with Gasteiger partial charge in [0.2, 0.25) is 0 Å². The lowest BCUT2D eigenvalue weighted by molar-refractivity contribution is -0.135. The number of nitrogens with zero attached hydrogens (tertiary/aromatic N) is 1. The van der Waals surface area contributed by atoms with Gasteiger partial charge in [-0.15, -0.1) is 0 Å². The van der Waals surface area contributed by atoms with Gasteiger partial charge in [0.25, 0.3) is 0 Å². The number of rotatable bonds is 1. The summed E-state index contributed by atoms with van der Waals surface area (Å²) in [5.74, 6) is 5.08. The molecule has 0 aromatic carbocycles. The molecule has 144 valence electrons. The largest absolute Gasteiger partial charge is 0.366 e. The van der Waals surface area contributed by atoms with Crippen LogP contribution in [0.1, 0.15) is 58.3 Å². The first-order chi connectivity index (χ1) is 13.1. The number of hydrogen-bond donors (Lipinski definition) is 0. The molecule has 6 aliphatic carbocycles. The van der Waals surface area contributed by atoms with Crippen molar-refractivity contribution in [3.05, 3.63) is 28.7 Å². The molecule has 0 aromatic heterocycles. The lowest BCUT2D eigenvalue weighted by atomic mass is 9.47. The van der Waals surface area contributed by atoms with Gasteiger partial charge in [0.1, 0.15) is 6.04 Å². The van der Waals surface area contributed by atoms with E-state index in [-0.39, 0.29) is 11.6 Å². The SMILES string of the molecule is C[C@]12CCC3C(CC4(CC4)C4=CC(N=O)CC[C@@H]43)C1C1CC1[C@@]21C=CCO1. The molecule has 7 rings (SSSR count). The first-order valence-corrected chi connectivity index (χ1v) is 11.5. The second-order valence-corrected chi connectivity index (χ2v) is 11.3. The van der Waals surface area contributed by atoms with Crippen molar-refractivity contribution in [1.82, 2.24) is 0 Å². The first-order valence-electron chi connectivity index (χ1n) is 11.5. The van der Waals surface area contributed by atoms with Gasteiger partial charge in [-0.1, -0.05) is 35.9 Å². The average Bonchev–Trinajstić information content (AvgIpc) is 3.58. The average molecular weight is 366 g/mol. The van der Waals surface area contributed by atoms with Crippen LogP contribution in [0, 0.1) is 51.2 Å². The van der Waals surface area contributed by atoms with Crippen molar-refractivity contribution in [3.8, 4) is 0 Å². The Kier molecular flexibility index (Phi) is 2.81. The van der Waals surface area contributed by atoms with Crippen molar-refractivity contribution < 1.29 is 4.74 Å². The van der Waals surface area contributed by atoms with Crippen molar-refractivity contribution in [2.45, 2.75) is 69.9 Å². The van der Waals surface area contributed by atoms with E-state index < -0.39 is 0 Å². The maximum absolute atomic E-state index is 11.2. The molecule has 0 aromatic rings. The van der Waals surface area contributed by atoms with Gasteiger partial charge in [0.05, 0.1) is 12.2 Å². The minimum Gasteiger partial charge on any atom is -0.366 e. The van der Waals surface area contributed by atoms with Gasteiger partial charge in [-0.3, -0.25) is 0 Å². The third-order valence-electron chi connectivity index (χ3n) is 10.6. The normalized spacial score (nSPS) is 58.3. The van der Waals surface area contributed by atoms with Gasteiger partial charge in [-0.25, -0.2) is 0 Å². The predicted molar refractivity (Wildman–Crippen MR) is 104 cm³/mol. The summed E-state index contributed by atoms with van der Waals surface area (Å²) >= 11 is 0. The second kappa shape index (κ2) is 4.78. The van der Waals surface area contributed by atoms with E-state index in [4.69, 9.17) is 4.74 Å². The number of hydrogen-bond acceptors (Lipinski definition) is 3. The van der Waals surface area contributed by atoms with Gasteiger partial charge in [-0.05, 0) is 92.3 Å². The Morgan fingerprint density at radius 1 is 1.11 bits per heavy atom. The molecule has 1 heterocycles. The van der Waals surface area contributed by atoms with Crippen LogP contribution in [0.25, 0.3) is 0 Å². The Morgan fingerprint density at radius 3 is 2.74 bits per heavy atom. The summed E-state index contributed by atoms with van der Waals surface area (Å²) < 4.78 is 6.54. The molecule has 0 saturated heterocycles. The van der Waals surface area contributed by atoms with Gasteiger partial charge >= 0.3 is 0 Å². The lowest BCUT2D eigenvalue weighted by Gasteiger charge is -2.59. The van der Waals surface area contributed by atoms with E-state index in [0.29, 0.717) is 10.8 Å². The summed E-state index contributed by atoms with van der Waals surface area (Å²) in [7, 11) is 0. The number of ether oxygens (including phenoxy) is 1. The summed E-state index contributed by atoms with van der Waals surface area (Å²) in [6.45, 7) is 3.42. The predicted octanol–water partition coefficient (Wildman–Crippen LogP) is 5.27. The van der Waals surface area contributed by atoms with Crippen LogP contribution in [-0.2, 0) is 4.74 Å². The molecule has 3 nitrogen and oxygen atoms in total. The standard InChI is InChI=1S/C24H31NO2/c1-22-7-5-15-16-4-3-14(25-26)11-19(16)23(8-9-23)13-18(15)21(22)17-12-20(17)24(22)6-2-10-27-24/h2,6,11,14-18,20-21H,3-5,7-10,12-13H2,1H3/t14?,15?,16-,17?,18?,20?,21?,22+,24+/m1/s1. The van der Waals surface area contributed by atoms with E-state index in [1.54, 1.807) is 5.57 Å². The highest BCUT2D eigenvalue weighted by atomic mass is 16.5. The van der Waals surface area contributed by atoms with E-state index in [0.717, 1.165) is 48.5 Å². The molecule has 9 atom stereocenters. The maximum Gasteiger partial charge on any atom is 0.110 e. The van der Waals surface area contributed by atoms with Crippen LogP contribution in [-0.4, -0.2) is 18.2 Å². The minimum atomic E-state index is -0.0429. The molecule has 7 aliphatic rings. The lowest BCUT2D eigenvalue weighted by Crippen LogP contribution is -2.55. The molecule has 5 saturated carbocycles. The van der Waals surface area contributed by atoms with Crippen molar-refractivity contribution >= 4 is 0 Å². The van der Waals surface area contributed by atoms with Crippen LogP contribution in [0.15, 0.2) is 29.0 Å². The monoisotopic (exact) mass is 365 g/mol. The zero-order chi connectivity index (χ0) is 18.0. The Hall–Kier alpha value is -0.960. The molecule has 5 fully saturated rings. The molecule has 3 heteroatoms. The molecular formula is C24H31NO2. The second-order valence-electron chi connectivity index (χ2n) is 11.3. The van der Waals surface area contributed by atoms with Crippen LogP contribution < -0.4 is 0 Å². The molecular weight excluding hydrogens is 334 g/mol. The molecule has 27 heavy (non-hydrogen) atoms. The fourth-order valence-corrected chi connectivity index (χ4v) is 9.41. The van der Waals surface area contributed by atoms with Crippen molar-refractivity contribution in [2.24, 2.45) is 51.5 Å². The Balaban J connectivity index is 1.30. The fraction of sp³-hybridized carbons (Fsp3) is 0.833. The topological polar surface area (TPSA) is 38.7 Å². The van der Waals surface area contributed by atoms with Crippen molar-refractivity contribution in [2.75, 3.05) is 6.61 Å². The summed E-state index contributed by atoms with van der Waals surface area (Å²) in [5.41, 5.74) is 2.56. The zero-order valence-electron chi connectivity index (χ0n) is 16.4. The third kappa shape index (κ3) is 1.71. The number of fused-ring (bicyclic) bond motifs is 10. The van der Waals surface area contributed by atoms with Crippen LogP contribution >= 0.6 is 0 Å². The smallest absolute Gasteiger partial charge is 0.110 e. The summed E-state index contributed by atoms with van der Waals surface area (Å²) in [5, 5.41) is 3.42. The van der Waals surface area contributed by atoms with Gasteiger partial charge in [0, 0.05) is 5.41 Å². The van der Waals surface area contributed by atoms with E-state index in [1.807, 2.05) is 0 Å². The van der Waals surface area contributed by atoms with Gasteiger partial charge < -0.3 is 4.74 Å². The highest BCUT2D eigenvalue weighted by Crippen LogP contribution is 2.79. The van der Waals surface area contributed by atoms with Crippen molar-refractivity contribution in [3.63, 3.8) is 0 Å². The Morgan fingerprint density at radius 2 is 2.00 bits per heavy atom.